The van der Waals surface area contributed by atoms with Gasteiger partial charge in [0.15, 0.2) is 0 Å². The van der Waals surface area contributed by atoms with E-state index in [-0.39, 0.29) is 12.6 Å². The molecule has 0 radical (unpaired) electrons. The molecule has 6 heteroatoms. The summed E-state index contributed by atoms with van der Waals surface area (Å²) in [7, 11) is 0. The molecule has 22 heavy (non-hydrogen) atoms. The van der Waals surface area contributed by atoms with Crippen LogP contribution < -0.4 is 10.6 Å². The smallest absolute Gasteiger partial charge is 0.407 e. The molecule has 0 aromatic carbocycles. The molecule has 0 aromatic heterocycles. The topological polar surface area (TPSA) is 79.8 Å². The Kier molecular flexibility index (Phi) is 7.09. The lowest BCUT2D eigenvalue weighted by atomic mass is 9.94. The Hall–Kier alpha value is -0.850. The molecule has 1 saturated heterocycles. The summed E-state index contributed by atoms with van der Waals surface area (Å²) in [5, 5.41) is 16.3. The Morgan fingerprint density at radius 2 is 2.05 bits per heavy atom. The summed E-state index contributed by atoms with van der Waals surface area (Å²) in [6, 6.07) is 0.272. The third kappa shape index (κ3) is 7.96. The molecule has 1 rings (SSSR count). The van der Waals surface area contributed by atoms with Crippen LogP contribution in [0.3, 0.4) is 0 Å². The van der Waals surface area contributed by atoms with Gasteiger partial charge < -0.3 is 25.2 Å². The van der Waals surface area contributed by atoms with Gasteiger partial charge in [-0.1, -0.05) is 0 Å². The normalized spacial score (nSPS) is 23.5. The van der Waals surface area contributed by atoms with E-state index in [2.05, 4.69) is 17.6 Å². The van der Waals surface area contributed by atoms with Crippen molar-refractivity contribution < 1.29 is 19.4 Å². The van der Waals surface area contributed by atoms with Crippen LogP contribution in [0.2, 0.25) is 0 Å². The third-order valence-corrected chi connectivity index (χ3v) is 3.72. The number of carbonyl (C=O) groups excluding carboxylic acids is 1. The van der Waals surface area contributed by atoms with Crippen molar-refractivity contribution in [2.75, 3.05) is 26.3 Å². The molecular formula is C16H32N2O4. The fourth-order valence-electron chi connectivity index (χ4n) is 2.35. The van der Waals surface area contributed by atoms with Gasteiger partial charge in [-0.05, 0) is 53.4 Å². The maximum Gasteiger partial charge on any atom is 0.407 e. The van der Waals surface area contributed by atoms with Crippen LogP contribution in [0, 0.1) is 5.92 Å². The first kappa shape index (κ1) is 19.2. The zero-order chi connectivity index (χ0) is 16.8. The molecule has 0 aliphatic carbocycles. The Labute approximate surface area is 133 Å². The molecule has 1 amide bonds. The maximum absolute atomic E-state index is 11.6. The summed E-state index contributed by atoms with van der Waals surface area (Å²) in [4.78, 5) is 11.6. The lowest BCUT2D eigenvalue weighted by Crippen LogP contribution is -2.51. The first-order valence-electron chi connectivity index (χ1n) is 8.09. The van der Waals surface area contributed by atoms with Crippen LogP contribution in [-0.4, -0.2) is 54.7 Å². The van der Waals surface area contributed by atoms with Gasteiger partial charge in [0.25, 0.3) is 0 Å². The predicted octanol–water partition coefficient (Wildman–Crippen LogP) is 1.67. The summed E-state index contributed by atoms with van der Waals surface area (Å²) < 4.78 is 10.6. The molecule has 0 aromatic rings. The molecule has 1 heterocycles. The second-order valence-electron chi connectivity index (χ2n) is 7.50. The van der Waals surface area contributed by atoms with Gasteiger partial charge in [0.1, 0.15) is 5.60 Å². The second-order valence-corrected chi connectivity index (χ2v) is 7.50. The van der Waals surface area contributed by atoms with Crippen molar-refractivity contribution in [3.63, 3.8) is 0 Å². The molecule has 3 atom stereocenters. The van der Waals surface area contributed by atoms with E-state index in [1.165, 1.54) is 0 Å². The van der Waals surface area contributed by atoms with E-state index in [9.17, 15) is 9.90 Å². The summed E-state index contributed by atoms with van der Waals surface area (Å²) >= 11 is 0. The van der Waals surface area contributed by atoms with E-state index in [4.69, 9.17) is 9.47 Å². The molecule has 3 unspecified atom stereocenters. The van der Waals surface area contributed by atoms with E-state index < -0.39 is 17.3 Å². The number of nitrogens with one attached hydrogen (secondary N) is 2. The predicted molar refractivity (Wildman–Crippen MR) is 85.9 cm³/mol. The van der Waals surface area contributed by atoms with E-state index in [0.717, 1.165) is 26.1 Å². The number of hydrogen-bond acceptors (Lipinski definition) is 5. The van der Waals surface area contributed by atoms with E-state index >= 15 is 0 Å². The molecule has 0 spiro atoms. The number of alkyl carbamates (subject to hydrolysis) is 1. The van der Waals surface area contributed by atoms with Gasteiger partial charge in [0.2, 0.25) is 0 Å². The lowest BCUT2D eigenvalue weighted by molar-refractivity contribution is 0.0218. The van der Waals surface area contributed by atoms with Gasteiger partial charge in [0, 0.05) is 19.2 Å². The number of amides is 1. The van der Waals surface area contributed by atoms with Crippen molar-refractivity contribution in [2.45, 2.75) is 64.7 Å². The molecule has 0 bridgehead atoms. The number of hydrogen-bond donors (Lipinski definition) is 3. The lowest BCUT2D eigenvalue weighted by Gasteiger charge is -2.32. The van der Waals surface area contributed by atoms with E-state index in [1.807, 2.05) is 0 Å². The van der Waals surface area contributed by atoms with E-state index in [0.29, 0.717) is 12.5 Å². The van der Waals surface area contributed by atoms with Crippen molar-refractivity contribution in [3.8, 4) is 0 Å². The zero-order valence-electron chi connectivity index (χ0n) is 14.6. The average molecular weight is 316 g/mol. The Balaban J connectivity index is 2.29. The highest BCUT2D eigenvalue weighted by atomic mass is 16.6. The molecule has 1 aliphatic rings. The van der Waals surface area contributed by atoms with Gasteiger partial charge in [-0.15, -0.1) is 0 Å². The van der Waals surface area contributed by atoms with Crippen LogP contribution in [0.1, 0.15) is 47.5 Å². The molecule has 6 nitrogen and oxygen atoms in total. The number of rotatable bonds is 6. The van der Waals surface area contributed by atoms with Crippen LogP contribution in [-0.2, 0) is 9.47 Å². The fourth-order valence-corrected chi connectivity index (χ4v) is 2.35. The minimum absolute atomic E-state index is 0.142. The maximum atomic E-state index is 11.6. The van der Waals surface area contributed by atoms with Gasteiger partial charge >= 0.3 is 6.09 Å². The monoisotopic (exact) mass is 316 g/mol. The Morgan fingerprint density at radius 1 is 1.36 bits per heavy atom. The van der Waals surface area contributed by atoms with Gasteiger partial charge in [-0.25, -0.2) is 4.79 Å². The van der Waals surface area contributed by atoms with Crippen LogP contribution in [0.25, 0.3) is 0 Å². The standard InChI is InChI=1S/C16H32N2O4/c1-12(13-7-6-8-21-9-13)17-10-16(5,20)11-18-14(19)22-15(2,3)4/h12-13,17,20H,6-11H2,1-5H3,(H,18,19). The Bertz CT molecular complexity index is 347. The number of ether oxygens (including phenoxy) is 2. The minimum atomic E-state index is -1.03. The van der Waals surface area contributed by atoms with E-state index in [1.54, 1.807) is 27.7 Å². The molecule has 1 aliphatic heterocycles. The SMILES string of the molecule is CC(NCC(C)(O)CNC(=O)OC(C)(C)C)C1CCCOC1. The van der Waals surface area contributed by atoms with Crippen molar-refractivity contribution in [1.29, 1.82) is 0 Å². The fraction of sp³-hybridized carbons (Fsp3) is 0.938. The quantitative estimate of drug-likeness (QED) is 0.694. The first-order valence-corrected chi connectivity index (χ1v) is 8.09. The highest BCUT2D eigenvalue weighted by molar-refractivity contribution is 5.67. The number of carbonyl (C=O) groups is 1. The van der Waals surface area contributed by atoms with Crippen LogP contribution in [0.15, 0.2) is 0 Å². The summed E-state index contributed by atoms with van der Waals surface area (Å²) in [6.07, 6.45) is 1.72. The van der Waals surface area contributed by atoms with Crippen LogP contribution >= 0.6 is 0 Å². The zero-order valence-corrected chi connectivity index (χ0v) is 14.6. The van der Waals surface area contributed by atoms with Crippen molar-refractivity contribution in [2.24, 2.45) is 5.92 Å². The first-order chi connectivity index (χ1) is 10.1. The molecule has 0 saturated carbocycles. The third-order valence-electron chi connectivity index (χ3n) is 3.72. The molecular weight excluding hydrogens is 284 g/mol. The average Bonchev–Trinajstić information content (AvgIpc) is 2.42. The largest absolute Gasteiger partial charge is 0.444 e. The van der Waals surface area contributed by atoms with Gasteiger partial charge in [-0.3, -0.25) is 0 Å². The van der Waals surface area contributed by atoms with Crippen molar-refractivity contribution in [3.05, 3.63) is 0 Å². The van der Waals surface area contributed by atoms with Crippen molar-refractivity contribution in [1.82, 2.24) is 10.6 Å². The number of aliphatic hydroxyl groups is 1. The van der Waals surface area contributed by atoms with Crippen molar-refractivity contribution >= 4 is 6.09 Å². The molecule has 3 N–H and O–H groups in total. The van der Waals surface area contributed by atoms with Gasteiger partial charge in [-0.2, -0.15) is 0 Å². The minimum Gasteiger partial charge on any atom is -0.444 e. The molecule has 130 valence electrons. The van der Waals surface area contributed by atoms with Gasteiger partial charge in [0.05, 0.1) is 18.8 Å². The summed E-state index contributed by atoms with van der Waals surface area (Å²) in [5.74, 6) is 0.475. The van der Waals surface area contributed by atoms with Crippen LogP contribution in [0.5, 0.6) is 0 Å². The highest BCUT2D eigenvalue weighted by Gasteiger charge is 2.26. The summed E-state index contributed by atoms with van der Waals surface area (Å²) in [5.41, 5.74) is -1.57. The second kappa shape index (κ2) is 8.13. The highest BCUT2D eigenvalue weighted by Crippen LogP contribution is 2.17. The molecule has 1 fully saturated rings. The summed E-state index contributed by atoms with van der Waals surface area (Å²) in [6.45, 7) is 11.4. The van der Waals surface area contributed by atoms with Crippen LogP contribution in [0.4, 0.5) is 4.79 Å². The Morgan fingerprint density at radius 3 is 2.59 bits per heavy atom.